The van der Waals surface area contributed by atoms with Crippen LogP contribution >= 0.6 is 11.3 Å². The normalized spacial score (nSPS) is 12.1. The summed E-state index contributed by atoms with van der Waals surface area (Å²) in [5.41, 5.74) is 4.11. The lowest BCUT2D eigenvalue weighted by atomic mass is 10.00. The van der Waals surface area contributed by atoms with E-state index >= 15 is 0 Å². The Morgan fingerprint density at radius 3 is 1.66 bits per heavy atom. The Morgan fingerprint density at radius 2 is 0.977 bits per heavy atom. The Labute approximate surface area is 255 Å². The fourth-order valence-electron chi connectivity index (χ4n) is 6.82. The third kappa shape index (κ3) is 3.36. The van der Waals surface area contributed by atoms with Gasteiger partial charge in [-0.3, -0.25) is 4.57 Å². The lowest BCUT2D eigenvalue weighted by molar-refractivity contribution is 0.954. The number of rotatable bonds is 3. The zero-order chi connectivity index (χ0) is 28.8. The first-order chi connectivity index (χ1) is 21.8. The van der Waals surface area contributed by atoms with Crippen molar-refractivity contribution in [3.8, 4) is 28.7 Å². The van der Waals surface area contributed by atoms with Gasteiger partial charge in [0.25, 0.3) is 0 Å². The molecule has 0 saturated heterocycles. The summed E-state index contributed by atoms with van der Waals surface area (Å²) in [6.45, 7) is 0. The van der Waals surface area contributed by atoms with Gasteiger partial charge in [-0.1, -0.05) is 103 Å². The van der Waals surface area contributed by atoms with Crippen molar-refractivity contribution in [2.75, 3.05) is 0 Å². The molecule has 3 aromatic heterocycles. The molecule has 0 atom stereocenters. The maximum Gasteiger partial charge on any atom is 0.238 e. The maximum atomic E-state index is 5.21. The summed E-state index contributed by atoms with van der Waals surface area (Å²) in [6, 6.07) is 47.2. The van der Waals surface area contributed by atoms with Crippen molar-refractivity contribution < 1.29 is 0 Å². The van der Waals surface area contributed by atoms with Gasteiger partial charge in [-0.05, 0) is 51.9 Å². The van der Waals surface area contributed by atoms with Gasteiger partial charge in [0.05, 0.1) is 11.0 Å². The van der Waals surface area contributed by atoms with E-state index in [0.717, 1.165) is 27.5 Å². The largest absolute Gasteiger partial charge is 0.278 e. The number of fused-ring (bicyclic) bond motifs is 1. The Balaban J connectivity index is 1.36. The highest BCUT2D eigenvalue weighted by Crippen LogP contribution is 2.46. The van der Waals surface area contributed by atoms with Crippen LogP contribution in [0.1, 0.15) is 0 Å². The fourth-order valence-corrected chi connectivity index (χ4v) is 7.99. The monoisotopic (exact) mass is 578 g/mol. The van der Waals surface area contributed by atoms with Crippen LogP contribution in [0.25, 0.3) is 92.2 Å². The molecule has 0 unspecified atom stereocenters. The summed E-state index contributed by atoms with van der Waals surface area (Å²) in [5.74, 6) is 1.92. The average molecular weight is 579 g/mol. The highest BCUT2D eigenvalue weighted by Gasteiger charge is 2.23. The maximum absolute atomic E-state index is 5.21. The number of benzene rings is 7. The summed E-state index contributed by atoms with van der Waals surface area (Å²) in [5, 5.41) is 9.91. The first-order valence-electron chi connectivity index (χ1n) is 14.7. The third-order valence-electron chi connectivity index (χ3n) is 8.79. The van der Waals surface area contributed by atoms with Crippen molar-refractivity contribution in [2.24, 2.45) is 0 Å². The lowest BCUT2D eigenvalue weighted by Crippen LogP contribution is -2.06. The molecule has 0 aliphatic rings. The molecule has 0 aliphatic carbocycles. The number of aromatic nitrogens is 4. The van der Waals surface area contributed by atoms with Crippen LogP contribution in [0.5, 0.6) is 0 Å². The van der Waals surface area contributed by atoms with Crippen molar-refractivity contribution in [3.05, 3.63) is 133 Å². The molecule has 0 radical (unpaired) electrons. The Hall–Kier alpha value is -5.65. The van der Waals surface area contributed by atoms with E-state index in [1.165, 1.54) is 47.1 Å². The summed E-state index contributed by atoms with van der Waals surface area (Å²) in [7, 11) is 0. The van der Waals surface area contributed by atoms with E-state index in [1.54, 1.807) is 0 Å². The zero-order valence-corrected chi connectivity index (χ0v) is 24.2. The second-order valence-electron chi connectivity index (χ2n) is 11.3. The second kappa shape index (κ2) is 8.93. The van der Waals surface area contributed by atoms with Crippen LogP contribution in [0.15, 0.2) is 133 Å². The second-order valence-corrected chi connectivity index (χ2v) is 12.4. The third-order valence-corrected chi connectivity index (χ3v) is 9.91. The van der Waals surface area contributed by atoms with Gasteiger partial charge in [-0.15, -0.1) is 11.3 Å². The van der Waals surface area contributed by atoms with Crippen LogP contribution in [-0.2, 0) is 0 Å². The van der Waals surface area contributed by atoms with Gasteiger partial charge in [0, 0.05) is 42.1 Å². The topological polar surface area (TPSA) is 43.6 Å². The van der Waals surface area contributed by atoms with Crippen LogP contribution < -0.4 is 0 Å². The van der Waals surface area contributed by atoms with E-state index in [4.69, 9.17) is 15.0 Å². The van der Waals surface area contributed by atoms with E-state index < -0.39 is 0 Å². The van der Waals surface area contributed by atoms with E-state index in [9.17, 15) is 0 Å². The lowest BCUT2D eigenvalue weighted by Gasteiger charge is -2.12. The summed E-state index contributed by atoms with van der Waals surface area (Å²) in [4.78, 5) is 15.4. The molecule has 7 aromatic carbocycles. The highest BCUT2D eigenvalue weighted by atomic mass is 32.1. The molecule has 204 valence electrons. The smallest absolute Gasteiger partial charge is 0.238 e. The van der Waals surface area contributed by atoms with E-state index in [2.05, 4.69) is 120 Å². The predicted molar refractivity (Wildman–Crippen MR) is 184 cm³/mol. The summed E-state index contributed by atoms with van der Waals surface area (Å²) in [6.07, 6.45) is 0. The average Bonchev–Trinajstić information content (AvgIpc) is 3.35. The van der Waals surface area contributed by atoms with Crippen LogP contribution in [-0.4, -0.2) is 19.5 Å². The van der Waals surface area contributed by atoms with Gasteiger partial charge in [-0.25, -0.2) is 4.98 Å². The minimum absolute atomic E-state index is 0.615. The molecule has 0 bridgehead atoms. The molecular formula is C39H22N4S. The van der Waals surface area contributed by atoms with E-state index in [0.29, 0.717) is 17.6 Å². The zero-order valence-electron chi connectivity index (χ0n) is 23.4. The van der Waals surface area contributed by atoms with Gasteiger partial charge in [0.15, 0.2) is 11.6 Å². The van der Waals surface area contributed by atoms with Crippen LogP contribution in [0.3, 0.4) is 0 Å². The number of hydrogen-bond acceptors (Lipinski definition) is 4. The van der Waals surface area contributed by atoms with Crippen LogP contribution in [0.2, 0.25) is 0 Å². The molecule has 0 N–H and O–H groups in total. The Morgan fingerprint density at radius 1 is 0.409 bits per heavy atom. The molecule has 0 amide bonds. The molecule has 0 aliphatic heterocycles. The first kappa shape index (κ1) is 23.9. The molecule has 0 fully saturated rings. The Bertz CT molecular complexity index is 2620. The standard InChI is InChI=1S/C39H22N4S/c1-2-9-26(10-3-1)37-40-38(28-17-16-23-8-4-5-11-27(23)22-28)42-39(41-37)43-29-20-18-24-12-6-14-31-33(24)35(29)36-30(43)21-19-25-13-7-15-32(44-31)34(25)36/h1-22H. The van der Waals surface area contributed by atoms with Crippen molar-refractivity contribution >= 4 is 74.9 Å². The van der Waals surface area contributed by atoms with Gasteiger partial charge < -0.3 is 0 Å². The van der Waals surface area contributed by atoms with Gasteiger partial charge in [0.1, 0.15) is 0 Å². The number of hydrogen-bond donors (Lipinski definition) is 0. The van der Waals surface area contributed by atoms with Gasteiger partial charge in [-0.2, -0.15) is 9.97 Å². The number of nitrogens with zero attached hydrogens (tertiary/aromatic N) is 4. The first-order valence-corrected chi connectivity index (χ1v) is 15.5. The molecule has 3 heterocycles. The predicted octanol–water partition coefficient (Wildman–Crippen LogP) is 10.4. The van der Waals surface area contributed by atoms with Crippen LogP contribution in [0, 0.1) is 0 Å². The van der Waals surface area contributed by atoms with E-state index in [1.807, 2.05) is 29.5 Å². The van der Waals surface area contributed by atoms with Crippen molar-refractivity contribution in [3.63, 3.8) is 0 Å². The molecule has 10 aromatic rings. The molecule has 4 nitrogen and oxygen atoms in total. The molecule has 10 rings (SSSR count). The molecular weight excluding hydrogens is 557 g/mol. The quantitative estimate of drug-likeness (QED) is 0.209. The molecule has 44 heavy (non-hydrogen) atoms. The minimum Gasteiger partial charge on any atom is -0.278 e. The minimum atomic E-state index is 0.615. The van der Waals surface area contributed by atoms with Gasteiger partial charge in [0.2, 0.25) is 5.95 Å². The SMILES string of the molecule is c1ccc(-c2nc(-c3ccc4ccccc4c3)nc(-n3c4ccc5cccc6sc7cccc8ccc3c(c87)c4c56)n2)cc1. The van der Waals surface area contributed by atoms with Crippen molar-refractivity contribution in [2.45, 2.75) is 0 Å². The summed E-state index contributed by atoms with van der Waals surface area (Å²) < 4.78 is 4.79. The Kier molecular flexibility index (Phi) is 4.84. The van der Waals surface area contributed by atoms with Crippen molar-refractivity contribution in [1.82, 2.24) is 19.5 Å². The molecule has 5 heteroatoms. The van der Waals surface area contributed by atoms with Gasteiger partial charge >= 0.3 is 0 Å². The molecule has 0 spiro atoms. The van der Waals surface area contributed by atoms with Crippen molar-refractivity contribution in [1.29, 1.82) is 0 Å². The fraction of sp³-hybridized carbons (Fsp3) is 0. The summed E-state index contributed by atoms with van der Waals surface area (Å²) >= 11 is 1.86. The highest BCUT2D eigenvalue weighted by molar-refractivity contribution is 7.24. The molecule has 0 saturated carbocycles. The van der Waals surface area contributed by atoms with E-state index in [-0.39, 0.29) is 0 Å². The van der Waals surface area contributed by atoms with Crippen LogP contribution in [0.4, 0.5) is 0 Å².